The average Bonchev–Trinajstić information content (AvgIpc) is 3.25. The van der Waals surface area contributed by atoms with Crippen molar-refractivity contribution in [3.63, 3.8) is 0 Å². The zero-order chi connectivity index (χ0) is 14.9. The molecule has 0 radical (unpaired) electrons. The van der Waals surface area contributed by atoms with Gasteiger partial charge in [0.05, 0.1) is 26.1 Å². The predicted octanol–water partition coefficient (Wildman–Crippen LogP) is 1.67. The molecule has 1 aromatic rings. The number of quaternary nitrogens is 1. The van der Waals surface area contributed by atoms with E-state index in [1.54, 1.807) is 4.90 Å². The highest BCUT2D eigenvalue weighted by atomic mass is 16.1. The van der Waals surface area contributed by atoms with Crippen molar-refractivity contribution in [3.8, 4) is 0 Å². The first-order chi connectivity index (χ1) is 10.8. The van der Waals surface area contributed by atoms with Gasteiger partial charge in [-0.15, -0.1) is 0 Å². The van der Waals surface area contributed by atoms with E-state index in [1.807, 2.05) is 0 Å². The Morgan fingerprint density at radius 3 is 2.23 bits per heavy atom. The van der Waals surface area contributed by atoms with Crippen molar-refractivity contribution in [2.75, 3.05) is 25.0 Å². The number of hydrogen-bond donors (Lipinski definition) is 2. The van der Waals surface area contributed by atoms with E-state index >= 15 is 0 Å². The molecular formula is C19H27N2O+. The number of anilines is 1. The molecule has 1 aromatic carbocycles. The molecule has 118 valence electrons. The van der Waals surface area contributed by atoms with Crippen LogP contribution in [0.15, 0.2) is 6.07 Å². The van der Waals surface area contributed by atoms with Crippen molar-refractivity contribution in [3.05, 3.63) is 28.3 Å². The van der Waals surface area contributed by atoms with Crippen LogP contribution in [0.25, 0.3) is 0 Å². The van der Waals surface area contributed by atoms with E-state index in [0.717, 1.165) is 19.4 Å². The van der Waals surface area contributed by atoms with Crippen LogP contribution in [0.5, 0.6) is 0 Å². The quantitative estimate of drug-likeness (QED) is 0.871. The number of carbonyl (C=O) groups is 1. The molecular weight excluding hydrogens is 272 g/mol. The molecule has 1 aliphatic heterocycles. The summed E-state index contributed by atoms with van der Waals surface area (Å²) in [4.78, 5) is 14.1. The Kier molecular flexibility index (Phi) is 3.91. The molecule has 2 N–H and O–H groups in total. The molecule has 3 aliphatic rings. The van der Waals surface area contributed by atoms with Crippen LogP contribution in [0, 0.1) is 0 Å². The van der Waals surface area contributed by atoms with Gasteiger partial charge in [0.1, 0.15) is 0 Å². The van der Waals surface area contributed by atoms with Gasteiger partial charge in [-0.3, -0.25) is 4.79 Å². The van der Waals surface area contributed by atoms with Crippen LogP contribution >= 0.6 is 0 Å². The van der Waals surface area contributed by atoms with E-state index in [1.165, 1.54) is 79.6 Å². The Labute approximate surface area is 133 Å². The molecule has 0 aromatic heterocycles. The maximum absolute atomic E-state index is 12.4. The molecule has 0 unspecified atom stereocenters. The van der Waals surface area contributed by atoms with Gasteiger partial charge in [0, 0.05) is 18.5 Å². The highest BCUT2D eigenvalue weighted by Crippen LogP contribution is 2.38. The first-order valence-electron chi connectivity index (χ1n) is 9.11. The lowest BCUT2D eigenvalue weighted by molar-refractivity contribution is -0.886. The van der Waals surface area contributed by atoms with Gasteiger partial charge in [-0.05, 0) is 60.8 Å². The van der Waals surface area contributed by atoms with Crippen LogP contribution in [0.4, 0.5) is 5.69 Å². The number of benzene rings is 1. The summed E-state index contributed by atoms with van der Waals surface area (Å²) in [6, 6.07) is 2.43. The van der Waals surface area contributed by atoms with Gasteiger partial charge in [-0.25, -0.2) is 0 Å². The number of hydrogen-bond acceptors (Lipinski definition) is 1. The maximum atomic E-state index is 12.4. The van der Waals surface area contributed by atoms with Crippen LogP contribution in [0.3, 0.4) is 0 Å². The summed E-state index contributed by atoms with van der Waals surface area (Å²) in [5, 5.41) is 3.31. The normalized spacial score (nSPS) is 20.2. The van der Waals surface area contributed by atoms with Crippen molar-refractivity contribution < 1.29 is 9.69 Å². The molecule has 22 heavy (non-hydrogen) atoms. The fourth-order valence-corrected chi connectivity index (χ4v) is 4.58. The third-order valence-corrected chi connectivity index (χ3v) is 5.75. The average molecular weight is 299 g/mol. The minimum atomic E-state index is 0.230. The summed E-state index contributed by atoms with van der Waals surface area (Å²) in [6.07, 6.45) is 10.5. The van der Waals surface area contributed by atoms with E-state index in [2.05, 4.69) is 11.4 Å². The molecule has 4 rings (SSSR count). The number of aryl methyl sites for hydroxylation is 2. The zero-order valence-corrected chi connectivity index (χ0v) is 13.5. The zero-order valence-electron chi connectivity index (χ0n) is 13.5. The third-order valence-electron chi connectivity index (χ3n) is 5.75. The van der Waals surface area contributed by atoms with Crippen LogP contribution < -0.4 is 10.2 Å². The van der Waals surface area contributed by atoms with Crippen LogP contribution in [-0.4, -0.2) is 25.5 Å². The Balaban J connectivity index is 1.49. The van der Waals surface area contributed by atoms with E-state index in [9.17, 15) is 4.79 Å². The van der Waals surface area contributed by atoms with E-state index in [4.69, 9.17) is 0 Å². The number of rotatable bonds is 4. The second-order valence-corrected chi connectivity index (χ2v) is 7.24. The van der Waals surface area contributed by atoms with Gasteiger partial charge in [-0.1, -0.05) is 6.07 Å². The van der Waals surface area contributed by atoms with Crippen molar-refractivity contribution >= 4 is 11.6 Å². The van der Waals surface area contributed by atoms with E-state index in [-0.39, 0.29) is 5.91 Å². The van der Waals surface area contributed by atoms with Crippen molar-refractivity contribution in [1.29, 1.82) is 0 Å². The molecule has 0 atom stereocenters. The third kappa shape index (κ3) is 2.67. The van der Waals surface area contributed by atoms with Gasteiger partial charge in [0.15, 0.2) is 0 Å². The molecule has 0 spiro atoms. The molecule has 1 saturated heterocycles. The van der Waals surface area contributed by atoms with Gasteiger partial charge in [-0.2, -0.15) is 0 Å². The number of likely N-dealkylation sites (tertiary alicyclic amines) is 1. The summed E-state index contributed by atoms with van der Waals surface area (Å²) in [6.45, 7) is 3.51. The summed E-state index contributed by atoms with van der Waals surface area (Å²) in [5.41, 5.74) is 7.11. The topological polar surface area (TPSA) is 33.5 Å². The number of amides is 1. The summed E-state index contributed by atoms with van der Waals surface area (Å²) >= 11 is 0. The first kappa shape index (κ1) is 14.3. The van der Waals surface area contributed by atoms with Gasteiger partial charge in [0.2, 0.25) is 5.91 Å². The molecule has 1 amide bonds. The lowest BCUT2D eigenvalue weighted by Gasteiger charge is -2.17. The lowest BCUT2D eigenvalue weighted by Crippen LogP contribution is -3.10. The van der Waals surface area contributed by atoms with Crippen molar-refractivity contribution in [2.45, 2.75) is 57.8 Å². The predicted molar refractivity (Wildman–Crippen MR) is 88.5 cm³/mol. The smallest absolute Gasteiger partial charge is 0.230 e. The van der Waals surface area contributed by atoms with Gasteiger partial charge in [0.25, 0.3) is 0 Å². The Hall–Kier alpha value is -1.35. The fraction of sp³-hybridized carbons (Fsp3) is 0.632. The molecule has 1 heterocycles. The minimum Gasteiger partial charge on any atom is -0.334 e. The van der Waals surface area contributed by atoms with Crippen LogP contribution in [0.1, 0.15) is 54.4 Å². The van der Waals surface area contributed by atoms with Crippen molar-refractivity contribution in [1.82, 2.24) is 0 Å². The Bertz CT molecular complexity index is 555. The Morgan fingerprint density at radius 2 is 1.59 bits per heavy atom. The molecule has 3 heteroatoms. The summed E-state index contributed by atoms with van der Waals surface area (Å²) in [5.74, 6) is 0.230. The molecule has 2 aliphatic carbocycles. The van der Waals surface area contributed by atoms with Crippen LogP contribution in [0.2, 0.25) is 0 Å². The first-order valence-corrected chi connectivity index (χ1v) is 9.11. The minimum absolute atomic E-state index is 0.230. The second-order valence-electron chi connectivity index (χ2n) is 7.24. The highest BCUT2D eigenvalue weighted by molar-refractivity contribution is 5.93. The summed E-state index contributed by atoms with van der Waals surface area (Å²) in [7, 11) is 0. The van der Waals surface area contributed by atoms with E-state index in [0.29, 0.717) is 6.42 Å². The fourth-order valence-electron chi connectivity index (χ4n) is 4.58. The maximum Gasteiger partial charge on any atom is 0.230 e. The molecule has 0 saturated carbocycles. The SMILES string of the molecule is O=C(CC[NH+]1CCCC1)Nc1c2c(cc3c1CCC3)CCC2. The van der Waals surface area contributed by atoms with Gasteiger partial charge < -0.3 is 10.2 Å². The molecule has 1 fully saturated rings. The standard InChI is InChI=1S/C19H26N2O/c22-18(9-12-21-10-1-2-11-21)20-19-16-7-3-5-14(16)13-15-6-4-8-17(15)19/h13H,1-12H2,(H,20,22)/p+1. The van der Waals surface area contributed by atoms with Crippen molar-refractivity contribution in [2.24, 2.45) is 0 Å². The van der Waals surface area contributed by atoms with Crippen LogP contribution in [-0.2, 0) is 30.5 Å². The Morgan fingerprint density at radius 1 is 0.955 bits per heavy atom. The molecule has 0 bridgehead atoms. The highest BCUT2D eigenvalue weighted by Gasteiger charge is 2.25. The number of fused-ring (bicyclic) bond motifs is 2. The summed E-state index contributed by atoms with van der Waals surface area (Å²) < 4.78 is 0. The van der Waals surface area contributed by atoms with E-state index < -0.39 is 0 Å². The number of carbonyl (C=O) groups excluding carboxylic acids is 1. The lowest BCUT2D eigenvalue weighted by atomic mass is 9.98. The largest absolute Gasteiger partial charge is 0.334 e. The van der Waals surface area contributed by atoms with Gasteiger partial charge >= 0.3 is 0 Å². The second kappa shape index (κ2) is 6.04. The molecule has 3 nitrogen and oxygen atoms in total. The monoisotopic (exact) mass is 299 g/mol. The number of nitrogens with one attached hydrogen (secondary N) is 2.